The van der Waals surface area contributed by atoms with E-state index in [2.05, 4.69) is 5.32 Å². The van der Waals surface area contributed by atoms with Crippen LogP contribution in [0.15, 0.2) is 41.3 Å². The second kappa shape index (κ2) is 8.44. The van der Waals surface area contributed by atoms with Crippen molar-refractivity contribution in [2.45, 2.75) is 23.9 Å². The Kier molecular flexibility index (Phi) is 6.30. The second-order valence-electron chi connectivity index (χ2n) is 6.62. The van der Waals surface area contributed by atoms with Crippen molar-refractivity contribution in [3.63, 3.8) is 0 Å². The molecule has 11 heteroatoms. The van der Waals surface area contributed by atoms with E-state index in [-0.39, 0.29) is 21.2 Å². The second-order valence-corrected chi connectivity index (χ2v) is 8.99. The van der Waals surface area contributed by atoms with Crippen LogP contribution in [0.4, 0.5) is 18.9 Å². The first-order chi connectivity index (χ1) is 14.0. The van der Waals surface area contributed by atoms with E-state index < -0.39 is 33.4 Å². The van der Waals surface area contributed by atoms with Gasteiger partial charge in [0.25, 0.3) is 5.91 Å². The molecule has 0 aromatic heterocycles. The third-order valence-electron chi connectivity index (χ3n) is 4.65. The normalized spacial score (nSPS) is 15.2. The number of hydrogen-bond donors (Lipinski definition) is 1. The van der Waals surface area contributed by atoms with Crippen molar-refractivity contribution >= 4 is 33.2 Å². The molecule has 0 unspecified atom stereocenters. The first-order valence-corrected chi connectivity index (χ1v) is 10.7. The van der Waals surface area contributed by atoms with Gasteiger partial charge in [0.2, 0.25) is 10.0 Å². The van der Waals surface area contributed by atoms with E-state index >= 15 is 0 Å². The first-order valence-electron chi connectivity index (χ1n) is 8.90. The lowest BCUT2D eigenvalue weighted by atomic mass is 10.1. The molecule has 2 aromatic carbocycles. The van der Waals surface area contributed by atoms with E-state index in [1.54, 1.807) is 0 Å². The average molecular weight is 463 g/mol. The molecule has 1 saturated heterocycles. The number of sulfonamides is 1. The molecule has 3 rings (SSSR count). The fourth-order valence-electron chi connectivity index (χ4n) is 3.15. The van der Waals surface area contributed by atoms with E-state index in [1.807, 2.05) is 0 Å². The number of anilines is 1. The van der Waals surface area contributed by atoms with Crippen molar-refractivity contribution in [2.75, 3.05) is 25.5 Å². The van der Waals surface area contributed by atoms with Gasteiger partial charge in [0.1, 0.15) is 5.75 Å². The molecule has 0 bridgehead atoms. The number of alkyl halides is 3. The molecule has 162 valence electrons. The summed E-state index contributed by atoms with van der Waals surface area (Å²) in [6.45, 7) is 0.741. The Balaban J connectivity index is 1.98. The summed E-state index contributed by atoms with van der Waals surface area (Å²) in [6, 6.07) is 6.63. The number of ether oxygens (including phenoxy) is 1. The van der Waals surface area contributed by atoms with Crippen LogP contribution in [-0.4, -0.2) is 38.8 Å². The number of hydrogen-bond acceptors (Lipinski definition) is 4. The van der Waals surface area contributed by atoms with Gasteiger partial charge in [-0.15, -0.1) is 0 Å². The highest BCUT2D eigenvalue weighted by Gasteiger charge is 2.35. The van der Waals surface area contributed by atoms with E-state index in [0.29, 0.717) is 19.2 Å². The largest absolute Gasteiger partial charge is 0.496 e. The molecule has 2 aromatic rings. The minimum absolute atomic E-state index is 0.0235. The molecule has 1 N–H and O–H groups in total. The number of carbonyl (C=O) groups excluding carboxylic acids is 1. The van der Waals surface area contributed by atoms with Crippen LogP contribution in [0.1, 0.15) is 28.8 Å². The molecule has 1 aliphatic rings. The number of nitrogens with zero attached hydrogens (tertiary/aromatic N) is 1. The van der Waals surface area contributed by atoms with Crippen molar-refractivity contribution in [2.24, 2.45) is 0 Å². The molecule has 0 spiro atoms. The highest BCUT2D eigenvalue weighted by Crippen LogP contribution is 2.37. The summed E-state index contributed by atoms with van der Waals surface area (Å²) in [5.74, 6) is -0.923. The fourth-order valence-corrected chi connectivity index (χ4v) is 4.87. The maximum atomic E-state index is 13.3. The summed E-state index contributed by atoms with van der Waals surface area (Å²) in [7, 11) is -2.56. The molecule has 30 heavy (non-hydrogen) atoms. The predicted molar refractivity (Wildman–Crippen MR) is 105 cm³/mol. The summed E-state index contributed by atoms with van der Waals surface area (Å²) < 4.78 is 71.9. The summed E-state index contributed by atoms with van der Waals surface area (Å²) in [5.41, 5.74) is -1.84. The topological polar surface area (TPSA) is 75.7 Å². The molecule has 1 fully saturated rings. The van der Waals surface area contributed by atoms with Gasteiger partial charge in [-0.2, -0.15) is 17.5 Å². The van der Waals surface area contributed by atoms with Crippen molar-refractivity contribution < 1.29 is 31.1 Å². The molecule has 0 radical (unpaired) electrons. The van der Waals surface area contributed by atoms with E-state index in [1.165, 1.54) is 29.6 Å². The van der Waals surface area contributed by atoms with Crippen molar-refractivity contribution in [1.82, 2.24) is 4.31 Å². The van der Waals surface area contributed by atoms with E-state index in [9.17, 15) is 26.4 Å². The lowest BCUT2D eigenvalue weighted by Crippen LogP contribution is -2.28. The zero-order valence-corrected chi connectivity index (χ0v) is 17.4. The van der Waals surface area contributed by atoms with Gasteiger partial charge in [-0.05, 0) is 49.2 Å². The number of methoxy groups -OCH3 is 1. The Labute approximate surface area is 176 Å². The van der Waals surface area contributed by atoms with Gasteiger partial charge in [-0.1, -0.05) is 11.6 Å². The highest BCUT2D eigenvalue weighted by atomic mass is 35.5. The highest BCUT2D eigenvalue weighted by molar-refractivity contribution is 7.89. The maximum Gasteiger partial charge on any atom is 0.418 e. The summed E-state index contributed by atoms with van der Waals surface area (Å²) in [5, 5.41) is 2.04. The number of carbonyl (C=O) groups is 1. The molecular weight excluding hydrogens is 445 g/mol. The first kappa shape index (κ1) is 22.4. The number of nitrogens with one attached hydrogen (secondary N) is 1. The molecule has 1 heterocycles. The van der Waals surface area contributed by atoms with E-state index in [0.717, 1.165) is 25.0 Å². The standard InChI is InChI=1S/C19H18ClF3N2O4S/c1-29-17-7-5-13(30(27,28)25-8-2-3-9-25)11-14(17)18(26)24-16-6-4-12(20)10-15(16)19(21,22)23/h4-7,10-11H,2-3,8-9H2,1H3,(H,24,26). The lowest BCUT2D eigenvalue weighted by Gasteiger charge is -2.18. The van der Waals surface area contributed by atoms with Crippen molar-refractivity contribution in [1.29, 1.82) is 0 Å². The number of halogens is 4. The smallest absolute Gasteiger partial charge is 0.418 e. The Morgan fingerprint density at radius 2 is 1.80 bits per heavy atom. The minimum Gasteiger partial charge on any atom is -0.496 e. The van der Waals surface area contributed by atoms with Crippen LogP contribution in [-0.2, 0) is 16.2 Å². The van der Waals surface area contributed by atoms with Gasteiger partial charge in [0.15, 0.2) is 0 Å². The van der Waals surface area contributed by atoms with Gasteiger partial charge < -0.3 is 10.1 Å². The van der Waals surface area contributed by atoms with Gasteiger partial charge in [0, 0.05) is 18.1 Å². The van der Waals surface area contributed by atoms with Crippen LogP contribution in [0, 0.1) is 0 Å². The van der Waals surface area contributed by atoms with Crippen molar-refractivity contribution in [3.05, 3.63) is 52.5 Å². The molecule has 1 amide bonds. The third-order valence-corrected chi connectivity index (χ3v) is 6.78. The van der Waals surface area contributed by atoms with Crippen LogP contribution in [0.2, 0.25) is 5.02 Å². The monoisotopic (exact) mass is 462 g/mol. The SMILES string of the molecule is COc1ccc(S(=O)(=O)N2CCCC2)cc1C(=O)Nc1ccc(Cl)cc1C(F)(F)F. The van der Waals surface area contributed by atoms with Crippen molar-refractivity contribution in [3.8, 4) is 5.75 Å². The maximum absolute atomic E-state index is 13.3. The average Bonchev–Trinajstić information content (AvgIpc) is 3.23. The zero-order valence-electron chi connectivity index (χ0n) is 15.8. The summed E-state index contributed by atoms with van der Waals surface area (Å²) in [6.07, 6.45) is -3.28. The quantitative estimate of drug-likeness (QED) is 0.714. The molecule has 0 saturated carbocycles. The molecular formula is C19H18ClF3N2O4S. The number of benzene rings is 2. The van der Waals surface area contributed by atoms with Crippen LogP contribution >= 0.6 is 11.6 Å². The Morgan fingerprint density at radius 3 is 2.40 bits per heavy atom. The van der Waals surface area contributed by atoms with Crippen LogP contribution in [0.5, 0.6) is 5.75 Å². The third kappa shape index (κ3) is 4.55. The number of rotatable bonds is 5. The molecule has 0 aliphatic carbocycles. The summed E-state index contributed by atoms with van der Waals surface area (Å²) >= 11 is 5.65. The minimum atomic E-state index is -4.75. The Hall–Kier alpha value is -2.30. The Bertz CT molecular complexity index is 1070. The van der Waals surface area contributed by atoms with Crippen LogP contribution in [0.3, 0.4) is 0 Å². The molecule has 6 nitrogen and oxygen atoms in total. The van der Waals surface area contributed by atoms with Crippen LogP contribution < -0.4 is 10.1 Å². The zero-order chi connectivity index (χ0) is 22.1. The molecule has 1 aliphatic heterocycles. The van der Waals surface area contributed by atoms with Gasteiger partial charge in [-0.25, -0.2) is 8.42 Å². The predicted octanol–water partition coefficient (Wildman–Crippen LogP) is 4.40. The van der Waals surface area contributed by atoms with Gasteiger partial charge in [-0.3, -0.25) is 4.79 Å². The van der Waals surface area contributed by atoms with E-state index in [4.69, 9.17) is 16.3 Å². The molecule has 0 atom stereocenters. The Morgan fingerprint density at radius 1 is 1.13 bits per heavy atom. The van der Waals surface area contributed by atoms with Crippen LogP contribution in [0.25, 0.3) is 0 Å². The van der Waals surface area contributed by atoms with Gasteiger partial charge >= 0.3 is 6.18 Å². The lowest BCUT2D eigenvalue weighted by molar-refractivity contribution is -0.136. The van der Waals surface area contributed by atoms with Gasteiger partial charge in [0.05, 0.1) is 28.8 Å². The summed E-state index contributed by atoms with van der Waals surface area (Å²) in [4.78, 5) is 12.6. The number of amides is 1. The fraction of sp³-hybridized carbons (Fsp3) is 0.316.